The summed E-state index contributed by atoms with van der Waals surface area (Å²) in [6.07, 6.45) is 0.897. The van der Waals surface area contributed by atoms with Gasteiger partial charge in [0.25, 0.3) is 0 Å². The minimum Gasteiger partial charge on any atom is -0.479 e. The summed E-state index contributed by atoms with van der Waals surface area (Å²) in [4.78, 5) is 34.2. The van der Waals surface area contributed by atoms with E-state index in [1.54, 1.807) is 30.3 Å². The highest BCUT2D eigenvalue weighted by atomic mass is 16.4. The fraction of sp³-hybridized carbons (Fsp3) is 0.357. The number of nitrogens with one attached hydrogen (secondary N) is 3. The van der Waals surface area contributed by atoms with Gasteiger partial charge in [0.1, 0.15) is 0 Å². The molecule has 1 fully saturated rings. The van der Waals surface area contributed by atoms with E-state index < -0.39 is 18.0 Å². The lowest BCUT2D eigenvalue weighted by Gasteiger charge is -2.24. The molecule has 2 rings (SSSR count). The number of carboxylic acids is 1. The fourth-order valence-electron chi connectivity index (χ4n) is 2.15. The molecule has 1 aromatic rings. The standard InChI is InChI=1S/C14H17N3O4/c18-11-7-6-10(8-15-11)16-14(21)17-12(13(19)20)9-4-2-1-3-5-9/h1-5,10,12H,6-8H2,(H,15,18)(H,19,20)(H2,16,17,21)/t10?,12-/m1/s1. The maximum Gasteiger partial charge on any atom is 0.330 e. The predicted octanol–water partition coefficient (Wildman–Crippen LogP) is 0.390. The topological polar surface area (TPSA) is 108 Å². The molecular weight excluding hydrogens is 274 g/mol. The van der Waals surface area contributed by atoms with Crippen LogP contribution in [-0.2, 0) is 9.59 Å². The van der Waals surface area contributed by atoms with Crippen LogP contribution in [0.15, 0.2) is 30.3 Å². The molecule has 1 aliphatic rings. The van der Waals surface area contributed by atoms with Crippen LogP contribution in [0.1, 0.15) is 24.4 Å². The second kappa shape index (κ2) is 6.74. The number of carbonyl (C=O) groups excluding carboxylic acids is 2. The summed E-state index contributed by atoms with van der Waals surface area (Å²) in [6, 6.07) is 6.61. The monoisotopic (exact) mass is 291 g/mol. The highest BCUT2D eigenvalue weighted by Gasteiger charge is 2.24. The first-order chi connectivity index (χ1) is 10.1. The first-order valence-electron chi connectivity index (χ1n) is 6.67. The fourth-order valence-corrected chi connectivity index (χ4v) is 2.15. The van der Waals surface area contributed by atoms with Gasteiger partial charge in [-0.3, -0.25) is 4.79 Å². The van der Waals surface area contributed by atoms with Crippen molar-refractivity contribution >= 4 is 17.9 Å². The van der Waals surface area contributed by atoms with Gasteiger partial charge in [-0.1, -0.05) is 30.3 Å². The van der Waals surface area contributed by atoms with Crippen LogP contribution in [0.4, 0.5) is 4.79 Å². The van der Waals surface area contributed by atoms with Crippen molar-refractivity contribution in [3.05, 3.63) is 35.9 Å². The maximum atomic E-state index is 11.9. The smallest absolute Gasteiger partial charge is 0.330 e. The summed E-state index contributed by atoms with van der Waals surface area (Å²) < 4.78 is 0. The number of amides is 3. The van der Waals surface area contributed by atoms with Gasteiger partial charge < -0.3 is 21.1 Å². The first kappa shape index (κ1) is 14.8. The molecule has 0 spiro atoms. The summed E-state index contributed by atoms with van der Waals surface area (Å²) in [5.41, 5.74) is 0.497. The molecule has 0 radical (unpaired) electrons. The van der Waals surface area contributed by atoms with Gasteiger partial charge >= 0.3 is 12.0 Å². The zero-order valence-electron chi connectivity index (χ0n) is 11.3. The van der Waals surface area contributed by atoms with E-state index in [0.29, 0.717) is 24.9 Å². The third kappa shape index (κ3) is 4.20. The number of hydrogen-bond donors (Lipinski definition) is 4. The Bertz CT molecular complexity index is 522. The Labute approximate surface area is 121 Å². The van der Waals surface area contributed by atoms with Crippen molar-refractivity contribution in [3.8, 4) is 0 Å². The van der Waals surface area contributed by atoms with E-state index in [4.69, 9.17) is 0 Å². The number of carboxylic acid groups (broad SMARTS) is 1. The van der Waals surface area contributed by atoms with Crippen molar-refractivity contribution in [1.29, 1.82) is 0 Å². The van der Waals surface area contributed by atoms with Crippen LogP contribution in [0.5, 0.6) is 0 Å². The average molecular weight is 291 g/mol. The van der Waals surface area contributed by atoms with Crippen LogP contribution in [-0.4, -0.2) is 35.6 Å². The van der Waals surface area contributed by atoms with Gasteiger partial charge in [0.2, 0.25) is 5.91 Å². The van der Waals surface area contributed by atoms with E-state index in [0.717, 1.165) is 0 Å². The molecule has 1 aromatic carbocycles. The van der Waals surface area contributed by atoms with Crippen molar-refractivity contribution in [3.63, 3.8) is 0 Å². The summed E-state index contributed by atoms with van der Waals surface area (Å²) >= 11 is 0. The van der Waals surface area contributed by atoms with Gasteiger partial charge in [0.05, 0.1) is 0 Å². The van der Waals surface area contributed by atoms with Crippen LogP contribution in [0.3, 0.4) is 0 Å². The molecule has 2 atom stereocenters. The highest BCUT2D eigenvalue weighted by molar-refractivity contribution is 5.84. The van der Waals surface area contributed by atoms with Crippen molar-refractivity contribution < 1.29 is 19.5 Å². The molecule has 0 aromatic heterocycles. The van der Waals surface area contributed by atoms with Crippen molar-refractivity contribution in [2.24, 2.45) is 0 Å². The van der Waals surface area contributed by atoms with E-state index in [-0.39, 0.29) is 11.9 Å². The summed E-state index contributed by atoms with van der Waals surface area (Å²) in [5.74, 6) is -1.17. The zero-order chi connectivity index (χ0) is 15.2. The molecule has 4 N–H and O–H groups in total. The molecule has 21 heavy (non-hydrogen) atoms. The third-order valence-electron chi connectivity index (χ3n) is 3.26. The Morgan fingerprint density at radius 2 is 2.00 bits per heavy atom. The first-order valence-corrected chi connectivity index (χ1v) is 6.67. The van der Waals surface area contributed by atoms with Crippen LogP contribution in [0.2, 0.25) is 0 Å². The highest BCUT2D eigenvalue weighted by Crippen LogP contribution is 2.12. The third-order valence-corrected chi connectivity index (χ3v) is 3.26. The average Bonchev–Trinajstić information content (AvgIpc) is 2.48. The Kier molecular flexibility index (Phi) is 4.76. The lowest BCUT2D eigenvalue weighted by Crippen LogP contribution is -2.51. The van der Waals surface area contributed by atoms with Gasteiger partial charge in [-0.25, -0.2) is 9.59 Å². The predicted molar refractivity (Wildman–Crippen MR) is 74.5 cm³/mol. The Balaban J connectivity index is 1.93. The number of urea groups is 1. The molecule has 0 bridgehead atoms. The van der Waals surface area contributed by atoms with Crippen LogP contribution < -0.4 is 16.0 Å². The SMILES string of the molecule is O=C1CCC(NC(=O)N[C@@H](C(=O)O)c2ccccc2)CN1. The van der Waals surface area contributed by atoms with Crippen molar-refractivity contribution in [2.45, 2.75) is 24.9 Å². The lowest BCUT2D eigenvalue weighted by atomic mass is 10.1. The van der Waals surface area contributed by atoms with Crippen LogP contribution >= 0.6 is 0 Å². The molecule has 3 amide bonds. The number of rotatable bonds is 4. The van der Waals surface area contributed by atoms with Gasteiger partial charge in [-0.05, 0) is 12.0 Å². The maximum absolute atomic E-state index is 11.9. The molecule has 0 aliphatic carbocycles. The van der Waals surface area contributed by atoms with Crippen molar-refractivity contribution in [1.82, 2.24) is 16.0 Å². The van der Waals surface area contributed by atoms with E-state index in [9.17, 15) is 19.5 Å². The second-order valence-electron chi connectivity index (χ2n) is 4.84. The van der Waals surface area contributed by atoms with E-state index in [2.05, 4.69) is 16.0 Å². The summed E-state index contributed by atoms with van der Waals surface area (Å²) in [6.45, 7) is 0.356. The molecule has 1 aliphatic heterocycles. The number of carbonyl (C=O) groups is 3. The Morgan fingerprint density at radius 1 is 1.29 bits per heavy atom. The summed E-state index contributed by atoms with van der Waals surface area (Å²) in [5, 5.41) is 17.0. The number of aliphatic carboxylic acids is 1. The van der Waals surface area contributed by atoms with Gasteiger partial charge in [-0.2, -0.15) is 0 Å². The normalized spacial score (nSPS) is 19.2. The zero-order valence-corrected chi connectivity index (χ0v) is 11.3. The van der Waals surface area contributed by atoms with Gasteiger partial charge in [0.15, 0.2) is 6.04 Å². The molecule has 0 saturated carbocycles. The van der Waals surface area contributed by atoms with Crippen molar-refractivity contribution in [2.75, 3.05) is 6.54 Å². The quantitative estimate of drug-likeness (QED) is 0.643. The number of benzene rings is 1. The largest absolute Gasteiger partial charge is 0.479 e. The van der Waals surface area contributed by atoms with Gasteiger partial charge in [0, 0.05) is 19.0 Å². The van der Waals surface area contributed by atoms with E-state index in [1.165, 1.54) is 0 Å². The minimum absolute atomic E-state index is 0.0406. The molecule has 1 heterocycles. The van der Waals surface area contributed by atoms with Crippen LogP contribution in [0, 0.1) is 0 Å². The summed E-state index contributed by atoms with van der Waals surface area (Å²) in [7, 11) is 0. The number of hydrogen-bond acceptors (Lipinski definition) is 3. The molecular formula is C14H17N3O4. The van der Waals surface area contributed by atoms with E-state index >= 15 is 0 Å². The molecule has 1 unspecified atom stereocenters. The van der Waals surface area contributed by atoms with Gasteiger partial charge in [-0.15, -0.1) is 0 Å². The lowest BCUT2D eigenvalue weighted by molar-refractivity contribution is -0.139. The Hall–Kier alpha value is -2.57. The molecule has 7 heteroatoms. The van der Waals surface area contributed by atoms with E-state index in [1.807, 2.05) is 0 Å². The minimum atomic E-state index is -1.13. The molecule has 112 valence electrons. The Morgan fingerprint density at radius 3 is 2.57 bits per heavy atom. The molecule has 1 saturated heterocycles. The van der Waals surface area contributed by atoms with Crippen LogP contribution in [0.25, 0.3) is 0 Å². The second-order valence-corrected chi connectivity index (χ2v) is 4.84. The number of piperidine rings is 1. The molecule has 7 nitrogen and oxygen atoms in total.